The molecule has 126 valence electrons. The second-order valence-corrected chi connectivity index (χ2v) is 6.78. The Morgan fingerprint density at radius 1 is 1.13 bits per heavy atom. The van der Waals surface area contributed by atoms with Crippen molar-refractivity contribution in [2.24, 2.45) is 0 Å². The summed E-state index contributed by atoms with van der Waals surface area (Å²) in [7, 11) is 2.19. The van der Waals surface area contributed by atoms with Crippen LogP contribution in [0.3, 0.4) is 0 Å². The summed E-state index contributed by atoms with van der Waals surface area (Å²) in [4.78, 5) is 17.0. The molecule has 0 spiro atoms. The molecule has 0 radical (unpaired) electrons. The Kier molecular flexibility index (Phi) is 5.68. The number of hydrogen-bond donors (Lipinski definition) is 0. The van der Waals surface area contributed by atoms with Crippen molar-refractivity contribution >= 4 is 5.91 Å². The lowest BCUT2D eigenvalue weighted by molar-refractivity contribution is -0.137. The minimum atomic E-state index is 0.167. The largest absolute Gasteiger partial charge is 0.371 e. The van der Waals surface area contributed by atoms with Crippen molar-refractivity contribution in [2.45, 2.75) is 44.2 Å². The van der Waals surface area contributed by atoms with Gasteiger partial charge in [0.2, 0.25) is 5.91 Å². The van der Waals surface area contributed by atoms with E-state index in [-0.39, 0.29) is 12.5 Å². The second-order valence-electron chi connectivity index (χ2n) is 6.78. The topological polar surface area (TPSA) is 32.8 Å². The Bertz CT molecular complexity index is 505. The lowest BCUT2D eigenvalue weighted by Gasteiger charge is -2.33. The third-order valence-electron chi connectivity index (χ3n) is 5.24. The summed E-state index contributed by atoms with van der Waals surface area (Å²) in [6, 6.07) is 11.2. The van der Waals surface area contributed by atoms with Gasteiger partial charge in [0.25, 0.3) is 0 Å². The van der Waals surface area contributed by atoms with Crippen LogP contribution in [0.5, 0.6) is 0 Å². The van der Waals surface area contributed by atoms with Crippen molar-refractivity contribution in [3.63, 3.8) is 0 Å². The summed E-state index contributed by atoms with van der Waals surface area (Å²) in [5.74, 6) is 0.167. The number of benzene rings is 1. The third-order valence-corrected chi connectivity index (χ3v) is 5.24. The van der Waals surface area contributed by atoms with Crippen LogP contribution in [0.2, 0.25) is 0 Å². The molecule has 1 aromatic carbocycles. The standard InChI is InChI=1S/C19H28N2O2/c1-20-12-5-9-17(20)18-10-6-13-21(18)19(22)15-23-14-11-16-7-3-2-4-8-16/h2-4,7-8,17-18H,5-6,9-15H2,1H3. The summed E-state index contributed by atoms with van der Waals surface area (Å²) < 4.78 is 5.64. The molecule has 4 heteroatoms. The van der Waals surface area contributed by atoms with Crippen LogP contribution in [-0.4, -0.2) is 61.1 Å². The van der Waals surface area contributed by atoms with Crippen molar-refractivity contribution in [1.82, 2.24) is 9.80 Å². The fourth-order valence-corrected chi connectivity index (χ4v) is 4.00. The Balaban J connectivity index is 1.44. The van der Waals surface area contributed by atoms with Gasteiger partial charge in [-0.2, -0.15) is 0 Å². The van der Waals surface area contributed by atoms with Gasteiger partial charge in [-0.05, 0) is 51.3 Å². The van der Waals surface area contributed by atoms with Gasteiger partial charge in [-0.25, -0.2) is 0 Å². The maximum Gasteiger partial charge on any atom is 0.248 e. The van der Waals surface area contributed by atoms with E-state index in [0.717, 1.165) is 32.4 Å². The van der Waals surface area contributed by atoms with E-state index < -0.39 is 0 Å². The summed E-state index contributed by atoms with van der Waals surface area (Å²) in [5, 5.41) is 0. The number of amides is 1. The first-order chi connectivity index (χ1) is 11.3. The molecule has 0 aromatic heterocycles. The van der Waals surface area contributed by atoms with Crippen molar-refractivity contribution < 1.29 is 9.53 Å². The first-order valence-electron chi connectivity index (χ1n) is 8.87. The Morgan fingerprint density at radius 3 is 2.61 bits per heavy atom. The first kappa shape index (κ1) is 16.5. The molecular weight excluding hydrogens is 288 g/mol. The quantitative estimate of drug-likeness (QED) is 0.755. The molecule has 1 aromatic rings. The number of likely N-dealkylation sites (N-methyl/N-ethyl adjacent to an activating group) is 1. The van der Waals surface area contributed by atoms with E-state index in [1.54, 1.807) is 0 Å². The van der Waals surface area contributed by atoms with Crippen LogP contribution in [0.4, 0.5) is 0 Å². The number of rotatable bonds is 6. The second kappa shape index (κ2) is 7.93. The van der Waals surface area contributed by atoms with Crippen LogP contribution >= 0.6 is 0 Å². The van der Waals surface area contributed by atoms with Crippen LogP contribution in [0, 0.1) is 0 Å². The number of carbonyl (C=O) groups excluding carboxylic acids is 1. The van der Waals surface area contributed by atoms with Crippen LogP contribution in [0.1, 0.15) is 31.2 Å². The molecule has 2 aliphatic heterocycles. The molecule has 2 saturated heterocycles. The molecule has 0 saturated carbocycles. The average Bonchev–Trinajstić information content (AvgIpc) is 3.20. The van der Waals surface area contributed by atoms with Gasteiger partial charge in [0, 0.05) is 18.6 Å². The highest BCUT2D eigenvalue weighted by Gasteiger charge is 2.38. The Morgan fingerprint density at radius 2 is 1.87 bits per heavy atom. The van der Waals surface area contributed by atoms with Gasteiger partial charge in [0.1, 0.15) is 6.61 Å². The van der Waals surface area contributed by atoms with E-state index in [9.17, 15) is 4.79 Å². The maximum absolute atomic E-state index is 12.5. The predicted molar refractivity (Wildman–Crippen MR) is 91.4 cm³/mol. The van der Waals surface area contributed by atoms with Gasteiger partial charge >= 0.3 is 0 Å². The number of likely N-dealkylation sites (tertiary alicyclic amines) is 2. The smallest absolute Gasteiger partial charge is 0.248 e. The third kappa shape index (κ3) is 4.12. The fraction of sp³-hybridized carbons (Fsp3) is 0.632. The van der Waals surface area contributed by atoms with Crippen LogP contribution < -0.4 is 0 Å². The molecule has 3 rings (SSSR count). The molecule has 0 aliphatic carbocycles. The molecule has 2 heterocycles. The van der Waals surface area contributed by atoms with E-state index in [4.69, 9.17) is 4.74 Å². The zero-order valence-electron chi connectivity index (χ0n) is 14.1. The Hall–Kier alpha value is -1.39. The molecule has 1 amide bonds. The summed E-state index contributed by atoms with van der Waals surface area (Å²) in [5.41, 5.74) is 1.26. The molecule has 2 unspecified atom stereocenters. The zero-order valence-corrected chi connectivity index (χ0v) is 14.1. The predicted octanol–water partition coefficient (Wildman–Crippen LogP) is 2.33. The van der Waals surface area contributed by atoms with Gasteiger partial charge < -0.3 is 14.5 Å². The van der Waals surface area contributed by atoms with E-state index in [1.165, 1.54) is 18.4 Å². The first-order valence-corrected chi connectivity index (χ1v) is 8.87. The molecule has 2 fully saturated rings. The van der Waals surface area contributed by atoms with Crippen molar-refractivity contribution in [2.75, 3.05) is 33.4 Å². The highest BCUT2D eigenvalue weighted by Crippen LogP contribution is 2.29. The van der Waals surface area contributed by atoms with Crippen LogP contribution in [0.25, 0.3) is 0 Å². The Labute approximate surface area is 139 Å². The van der Waals surface area contributed by atoms with Gasteiger partial charge in [-0.3, -0.25) is 4.79 Å². The molecule has 0 bridgehead atoms. The monoisotopic (exact) mass is 316 g/mol. The van der Waals surface area contributed by atoms with Crippen LogP contribution in [0.15, 0.2) is 30.3 Å². The summed E-state index contributed by atoms with van der Waals surface area (Å²) in [6.45, 7) is 2.89. The molecule has 23 heavy (non-hydrogen) atoms. The molecule has 4 nitrogen and oxygen atoms in total. The van der Waals surface area contributed by atoms with Crippen molar-refractivity contribution in [1.29, 1.82) is 0 Å². The maximum atomic E-state index is 12.5. The fourth-order valence-electron chi connectivity index (χ4n) is 4.00. The molecule has 2 atom stereocenters. The lowest BCUT2D eigenvalue weighted by Crippen LogP contribution is -2.48. The van der Waals surface area contributed by atoms with Gasteiger partial charge in [-0.15, -0.1) is 0 Å². The minimum absolute atomic E-state index is 0.167. The van der Waals surface area contributed by atoms with Crippen molar-refractivity contribution in [3.8, 4) is 0 Å². The highest BCUT2D eigenvalue weighted by atomic mass is 16.5. The SMILES string of the molecule is CN1CCCC1C1CCCN1C(=O)COCCc1ccccc1. The normalized spacial score (nSPS) is 25.2. The van der Waals surface area contributed by atoms with E-state index >= 15 is 0 Å². The average molecular weight is 316 g/mol. The molecule has 0 N–H and O–H groups in total. The number of ether oxygens (including phenoxy) is 1. The van der Waals surface area contributed by atoms with Gasteiger partial charge in [0.05, 0.1) is 6.61 Å². The summed E-state index contributed by atoms with van der Waals surface area (Å²) in [6.07, 6.45) is 5.62. The van der Waals surface area contributed by atoms with Crippen molar-refractivity contribution in [3.05, 3.63) is 35.9 Å². The number of nitrogens with zero attached hydrogens (tertiary/aromatic N) is 2. The highest BCUT2D eigenvalue weighted by molar-refractivity contribution is 5.78. The van der Waals surface area contributed by atoms with Crippen LogP contribution in [-0.2, 0) is 16.0 Å². The number of carbonyl (C=O) groups is 1. The lowest BCUT2D eigenvalue weighted by atomic mass is 10.0. The molecular formula is C19H28N2O2. The zero-order chi connectivity index (χ0) is 16.1. The van der Waals surface area contributed by atoms with Gasteiger partial charge in [-0.1, -0.05) is 30.3 Å². The number of hydrogen-bond acceptors (Lipinski definition) is 3. The van der Waals surface area contributed by atoms with E-state index in [1.807, 2.05) is 18.2 Å². The van der Waals surface area contributed by atoms with E-state index in [0.29, 0.717) is 18.7 Å². The van der Waals surface area contributed by atoms with E-state index in [2.05, 4.69) is 29.0 Å². The molecule has 2 aliphatic rings. The summed E-state index contributed by atoms with van der Waals surface area (Å²) >= 11 is 0. The minimum Gasteiger partial charge on any atom is -0.371 e. The van der Waals surface area contributed by atoms with Gasteiger partial charge in [0.15, 0.2) is 0 Å².